The Morgan fingerprint density at radius 3 is 2.95 bits per heavy atom. The number of hydrogen-bond donors (Lipinski definition) is 1. The number of hydrogen-bond acceptors (Lipinski definition) is 2. The summed E-state index contributed by atoms with van der Waals surface area (Å²) < 4.78 is 5.69. The fourth-order valence-corrected chi connectivity index (χ4v) is 3.23. The van der Waals surface area contributed by atoms with Crippen molar-refractivity contribution in [3.8, 4) is 0 Å². The maximum atomic E-state index is 12.4. The van der Waals surface area contributed by atoms with Gasteiger partial charge in [0.2, 0.25) is 0 Å². The Morgan fingerprint density at radius 1 is 1.32 bits per heavy atom. The van der Waals surface area contributed by atoms with Gasteiger partial charge in [-0.25, -0.2) is 0 Å². The highest BCUT2D eigenvalue weighted by molar-refractivity contribution is 5.83. The highest BCUT2D eigenvalue weighted by Gasteiger charge is 2.30. The molecule has 1 N–H and O–H groups in total. The van der Waals surface area contributed by atoms with E-state index in [-0.39, 0.29) is 5.91 Å². The molecule has 0 radical (unpaired) electrons. The second-order valence-electron chi connectivity index (χ2n) is 5.82. The molecule has 3 nitrogen and oxygen atoms in total. The van der Waals surface area contributed by atoms with E-state index in [1.54, 1.807) is 0 Å². The van der Waals surface area contributed by atoms with Crippen molar-refractivity contribution in [1.82, 2.24) is 5.32 Å². The SMILES string of the molecule is CC1CCC(NC(=O)C2OCCc3ccccc32)C1. The largest absolute Gasteiger partial charge is 0.363 e. The number of amides is 1. The van der Waals surface area contributed by atoms with E-state index >= 15 is 0 Å². The van der Waals surface area contributed by atoms with Crippen molar-refractivity contribution in [2.75, 3.05) is 6.61 Å². The molecule has 1 aliphatic heterocycles. The van der Waals surface area contributed by atoms with Gasteiger partial charge in [0.05, 0.1) is 6.61 Å². The average Bonchev–Trinajstić information content (AvgIpc) is 2.83. The summed E-state index contributed by atoms with van der Waals surface area (Å²) in [4.78, 5) is 12.4. The van der Waals surface area contributed by atoms with Crippen LogP contribution in [0.2, 0.25) is 0 Å². The molecule has 0 spiro atoms. The van der Waals surface area contributed by atoms with Crippen LogP contribution in [0.25, 0.3) is 0 Å². The van der Waals surface area contributed by atoms with Gasteiger partial charge in [0.1, 0.15) is 0 Å². The molecule has 3 unspecified atom stereocenters. The van der Waals surface area contributed by atoms with E-state index < -0.39 is 6.10 Å². The second kappa shape index (κ2) is 5.33. The third-order valence-electron chi connectivity index (χ3n) is 4.27. The second-order valence-corrected chi connectivity index (χ2v) is 5.82. The quantitative estimate of drug-likeness (QED) is 0.886. The Kier molecular flexibility index (Phi) is 3.56. The molecule has 3 heteroatoms. The molecule has 102 valence electrons. The van der Waals surface area contributed by atoms with Crippen molar-refractivity contribution in [3.63, 3.8) is 0 Å². The maximum absolute atomic E-state index is 12.4. The summed E-state index contributed by atoms with van der Waals surface area (Å²) in [6.07, 6.45) is 3.90. The fraction of sp³-hybridized carbons (Fsp3) is 0.562. The van der Waals surface area contributed by atoms with Crippen molar-refractivity contribution in [2.24, 2.45) is 5.92 Å². The first kappa shape index (κ1) is 12.7. The molecular formula is C16H21NO2. The molecule has 1 fully saturated rings. The first-order valence-corrected chi connectivity index (χ1v) is 7.24. The molecule has 1 heterocycles. The Morgan fingerprint density at radius 2 is 2.16 bits per heavy atom. The molecule has 3 atom stereocenters. The molecule has 1 aromatic carbocycles. The van der Waals surface area contributed by atoms with Crippen LogP contribution in [-0.4, -0.2) is 18.6 Å². The van der Waals surface area contributed by atoms with Crippen molar-refractivity contribution < 1.29 is 9.53 Å². The first-order chi connectivity index (χ1) is 9.24. The minimum atomic E-state index is -0.416. The van der Waals surface area contributed by atoms with E-state index in [0.717, 1.165) is 30.7 Å². The van der Waals surface area contributed by atoms with Crippen LogP contribution in [0.4, 0.5) is 0 Å². The lowest BCUT2D eigenvalue weighted by atomic mass is 9.97. The molecular weight excluding hydrogens is 238 g/mol. The number of benzene rings is 1. The van der Waals surface area contributed by atoms with Crippen molar-refractivity contribution in [3.05, 3.63) is 35.4 Å². The topological polar surface area (TPSA) is 38.3 Å². The van der Waals surface area contributed by atoms with Crippen LogP contribution in [0, 0.1) is 5.92 Å². The summed E-state index contributed by atoms with van der Waals surface area (Å²) in [6.45, 7) is 2.88. The highest BCUT2D eigenvalue weighted by atomic mass is 16.5. The average molecular weight is 259 g/mol. The minimum absolute atomic E-state index is 0.0336. The van der Waals surface area contributed by atoms with E-state index in [2.05, 4.69) is 18.3 Å². The lowest BCUT2D eigenvalue weighted by Crippen LogP contribution is -2.39. The summed E-state index contributed by atoms with van der Waals surface area (Å²) in [5, 5.41) is 3.16. The van der Waals surface area contributed by atoms with Crippen LogP contribution in [0.1, 0.15) is 43.4 Å². The lowest BCUT2D eigenvalue weighted by molar-refractivity contribution is -0.134. The Balaban J connectivity index is 1.71. The number of carbonyl (C=O) groups excluding carboxylic acids is 1. The van der Waals surface area contributed by atoms with Gasteiger partial charge < -0.3 is 10.1 Å². The normalized spacial score (nSPS) is 29.8. The Bertz CT molecular complexity index is 472. The molecule has 0 bridgehead atoms. The van der Waals surface area contributed by atoms with Gasteiger partial charge in [0.25, 0.3) is 5.91 Å². The smallest absolute Gasteiger partial charge is 0.253 e. The van der Waals surface area contributed by atoms with Gasteiger partial charge in [-0.3, -0.25) is 4.79 Å². The van der Waals surface area contributed by atoms with E-state index in [4.69, 9.17) is 4.74 Å². The summed E-state index contributed by atoms with van der Waals surface area (Å²) in [5.74, 6) is 0.760. The molecule has 1 saturated carbocycles. The number of ether oxygens (including phenoxy) is 1. The standard InChI is InChI=1S/C16H21NO2/c1-11-6-7-13(10-11)17-16(18)15-14-5-3-2-4-12(14)8-9-19-15/h2-5,11,13,15H,6-10H2,1H3,(H,17,18). The number of fused-ring (bicyclic) bond motifs is 1. The summed E-state index contributed by atoms with van der Waals surface area (Å²) in [5.41, 5.74) is 2.28. The third-order valence-corrected chi connectivity index (χ3v) is 4.27. The van der Waals surface area contributed by atoms with Gasteiger partial charge in [0, 0.05) is 6.04 Å². The molecule has 1 amide bonds. The van der Waals surface area contributed by atoms with Crippen molar-refractivity contribution in [1.29, 1.82) is 0 Å². The van der Waals surface area contributed by atoms with E-state index in [9.17, 15) is 4.79 Å². The Hall–Kier alpha value is -1.35. The van der Waals surface area contributed by atoms with Gasteiger partial charge in [-0.15, -0.1) is 0 Å². The number of carbonyl (C=O) groups is 1. The van der Waals surface area contributed by atoms with Gasteiger partial charge in [-0.2, -0.15) is 0 Å². The van der Waals surface area contributed by atoms with Gasteiger partial charge in [0.15, 0.2) is 6.10 Å². The monoisotopic (exact) mass is 259 g/mol. The molecule has 1 aromatic rings. The summed E-state index contributed by atoms with van der Waals surface area (Å²) in [6, 6.07) is 8.44. The van der Waals surface area contributed by atoms with Crippen LogP contribution in [-0.2, 0) is 16.0 Å². The predicted octanol–water partition coefficient (Wildman–Crippen LogP) is 2.61. The summed E-state index contributed by atoms with van der Waals surface area (Å²) in [7, 11) is 0. The zero-order chi connectivity index (χ0) is 13.2. The fourth-order valence-electron chi connectivity index (χ4n) is 3.23. The third kappa shape index (κ3) is 2.66. The molecule has 0 saturated heterocycles. The Labute approximate surface area is 114 Å². The molecule has 0 aromatic heterocycles. The highest BCUT2D eigenvalue weighted by Crippen LogP contribution is 2.29. The predicted molar refractivity (Wildman–Crippen MR) is 73.8 cm³/mol. The zero-order valence-corrected chi connectivity index (χ0v) is 11.4. The van der Waals surface area contributed by atoms with Crippen molar-refractivity contribution >= 4 is 5.91 Å². The van der Waals surface area contributed by atoms with Crippen LogP contribution in [0.3, 0.4) is 0 Å². The molecule has 2 aliphatic rings. The summed E-state index contributed by atoms with van der Waals surface area (Å²) >= 11 is 0. The van der Waals surface area contributed by atoms with Gasteiger partial charge in [-0.05, 0) is 42.7 Å². The van der Waals surface area contributed by atoms with E-state index in [1.807, 2.05) is 18.2 Å². The molecule has 3 rings (SSSR count). The van der Waals surface area contributed by atoms with Crippen LogP contribution in [0.5, 0.6) is 0 Å². The molecule has 19 heavy (non-hydrogen) atoms. The molecule has 1 aliphatic carbocycles. The number of rotatable bonds is 2. The minimum Gasteiger partial charge on any atom is -0.363 e. The van der Waals surface area contributed by atoms with Gasteiger partial charge >= 0.3 is 0 Å². The van der Waals surface area contributed by atoms with E-state index in [1.165, 1.54) is 12.0 Å². The van der Waals surface area contributed by atoms with Crippen LogP contribution in [0.15, 0.2) is 24.3 Å². The zero-order valence-electron chi connectivity index (χ0n) is 11.4. The first-order valence-electron chi connectivity index (χ1n) is 7.24. The lowest BCUT2D eigenvalue weighted by Gasteiger charge is -2.26. The van der Waals surface area contributed by atoms with Crippen molar-refractivity contribution in [2.45, 2.75) is 44.8 Å². The van der Waals surface area contributed by atoms with Crippen LogP contribution < -0.4 is 5.32 Å². The van der Waals surface area contributed by atoms with Gasteiger partial charge in [-0.1, -0.05) is 31.2 Å². The van der Waals surface area contributed by atoms with Crippen LogP contribution >= 0.6 is 0 Å². The van der Waals surface area contributed by atoms with E-state index in [0.29, 0.717) is 12.6 Å². The maximum Gasteiger partial charge on any atom is 0.253 e. The number of nitrogens with one attached hydrogen (secondary N) is 1.